The summed E-state index contributed by atoms with van der Waals surface area (Å²) in [7, 11) is 1.88. The smallest absolute Gasteiger partial charge is 0.200 e. The van der Waals surface area contributed by atoms with Crippen molar-refractivity contribution in [2.45, 2.75) is 18.4 Å². The van der Waals surface area contributed by atoms with E-state index in [9.17, 15) is 20.1 Å². The summed E-state index contributed by atoms with van der Waals surface area (Å²) in [5.41, 5.74) is 0.371. The van der Waals surface area contributed by atoms with Crippen LogP contribution in [0.2, 0.25) is 10.0 Å². The molecule has 2 atom stereocenters. The zero-order chi connectivity index (χ0) is 20.9. The maximum Gasteiger partial charge on any atom is 0.200 e. The maximum atomic E-state index is 13.5. The molecule has 1 aliphatic heterocycles. The molecule has 1 aliphatic rings. The van der Waals surface area contributed by atoms with E-state index in [0.29, 0.717) is 29.1 Å². The summed E-state index contributed by atoms with van der Waals surface area (Å²) < 4.78 is 6.03. The van der Waals surface area contributed by atoms with E-state index in [0.717, 1.165) is 6.07 Å². The number of phenolic OH excluding ortho intramolecular Hbond substituents is 2. The number of hydrogen-bond donors (Lipinski definition) is 3. The third kappa shape index (κ3) is 3.63. The minimum atomic E-state index is -0.423. The molecule has 1 saturated heterocycles. The first kappa shape index (κ1) is 22.7. The fourth-order valence-corrected chi connectivity index (χ4v) is 4.51. The summed E-state index contributed by atoms with van der Waals surface area (Å²) in [6, 6.07) is 7.10. The van der Waals surface area contributed by atoms with E-state index in [1.807, 2.05) is 11.9 Å². The number of halogens is 3. The van der Waals surface area contributed by atoms with Crippen molar-refractivity contribution >= 4 is 46.6 Å². The molecule has 3 N–H and O–H groups in total. The zero-order valence-corrected chi connectivity index (χ0v) is 18.3. The summed E-state index contributed by atoms with van der Waals surface area (Å²) in [5, 5.41) is 30.6. The van der Waals surface area contributed by atoms with Crippen molar-refractivity contribution in [3.05, 3.63) is 56.2 Å². The lowest BCUT2D eigenvalue weighted by atomic mass is 9.88. The molecule has 3 aromatic rings. The highest BCUT2D eigenvalue weighted by Gasteiger charge is 2.37. The van der Waals surface area contributed by atoms with Gasteiger partial charge in [0.1, 0.15) is 28.2 Å². The molecular weight excluding hydrogens is 453 g/mol. The first-order valence-corrected chi connectivity index (χ1v) is 9.87. The fourth-order valence-electron chi connectivity index (χ4n) is 4.13. The van der Waals surface area contributed by atoms with Gasteiger partial charge in [0.05, 0.1) is 16.7 Å². The van der Waals surface area contributed by atoms with Crippen molar-refractivity contribution in [2.24, 2.45) is 0 Å². The van der Waals surface area contributed by atoms with Crippen molar-refractivity contribution in [1.82, 2.24) is 4.90 Å². The highest BCUT2D eigenvalue weighted by atomic mass is 35.5. The molecule has 0 amide bonds. The zero-order valence-electron chi connectivity index (χ0n) is 15.9. The average Bonchev–Trinajstić information content (AvgIpc) is 3.03. The predicted molar refractivity (Wildman–Crippen MR) is 119 cm³/mol. The first-order valence-electron chi connectivity index (χ1n) is 9.11. The number of benzene rings is 2. The quantitative estimate of drug-likeness (QED) is 0.524. The lowest BCUT2D eigenvalue weighted by Gasteiger charge is -2.24. The topological polar surface area (TPSA) is 94.1 Å². The summed E-state index contributed by atoms with van der Waals surface area (Å²) in [6.07, 6.45) is 0.627. The Bertz CT molecular complexity index is 1160. The largest absolute Gasteiger partial charge is 0.508 e. The number of aromatic hydroxyl groups is 2. The Kier molecular flexibility index (Phi) is 6.55. The van der Waals surface area contributed by atoms with Crippen molar-refractivity contribution in [2.75, 3.05) is 20.2 Å². The predicted octanol–water partition coefficient (Wildman–Crippen LogP) is 4.38. The highest BCUT2D eigenvalue weighted by molar-refractivity contribution is 6.43. The van der Waals surface area contributed by atoms with Gasteiger partial charge in [-0.05, 0) is 32.1 Å². The fraction of sp³-hybridized carbons (Fsp3) is 0.286. The standard InChI is InChI=1S/C21H19Cl2NO5.ClH/c1-24-6-5-11(14(24)9-25)17-20(28)18-15(27)7-10(26)8-16(18)29-21(17)12-3-2-4-13(22)19(12)23;/h2-4,7-8,11,14,25-27H,5-6,9H2,1H3;1H/t11-,14+;/m1./s1. The molecule has 9 heteroatoms. The second kappa shape index (κ2) is 8.65. The van der Waals surface area contributed by atoms with Crippen molar-refractivity contribution in [1.29, 1.82) is 0 Å². The summed E-state index contributed by atoms with van der Waals surface area (Å²) >= 11 is 12.6. The van der Waals surface area contributed by atoms with Gasteiger partial charge < -0.3 is 24.6 Å². The van der Waals surface area contributed by atoms with Crippen LogP contribution < -0.4 is 5.43 Å². The summed E-state index contributed by atoms with van der Waals surface area (Å²) in [4.78, 5) is 15.5. The van der Waals surface area contributed by atoms with Crippen LogP contribution in [-0.2, 0) is 0 Å². The van der Waals surface area contributed by atoms with E-state index < -0.39 is 5.43 Å². The minimum absolute atomic E-state index is 0. The molecule has 0 spiro atoms. The summed E-state index contributed by atoms with van der Waals surface area (Å²) in [6.45, 7) is 0.556. The van der Waals surface area contributed by atoms with Crippen molar-refractivity contribution < 1.29 is 19.7 Å². The Morgan fingerprint density at radius 1 is 1.23 bits per heavy atom. The van der Waals surface area contributed by atoms with Gasteiger partial charge in [-0.15, -0.1) is 12.4 Å². The van der Waals surface area contributed by atoms with Gasteiger partial charge in [-0.3, -0.25) is 4.79 Å². The van der Waals surface area contributed by atoms with Gasteiger partial charge in [0.25, 0.3) is 0 Å². The molecule has 0 saturated carbocycles. The second-order valence-electron chi connectivity index (χ2n) is 7.24. The van der Waals surface area contributed by atoms with Crippen LogP contribution in [0.25, 0.3) is 22.3 Å². The van der Waals surface area contributed by atoms with Gasteiger partial charge >= 0.3 is 0 Å². The van der Waals surface area contributed by atoms with Crippen LogP contribution in [0.15, 0.2) is 39.5 Å². The number of nitrogens with zero attached hydrogens (tertiary/aromatic N) is 1. The van der Waals surface area contributed by atoms with E-state index in [4.69, 9.17) is 27.6 Å². The number of fused-ring (bicyclic) bond motifs is 1. The van der Waals surface area contributed by atoms with Crippen LogP contribution in [0.3, 0.4) is 0 Å². The lowest BCUT2D eigenvalue weighted by molar-refractivity contribution is 0.172. The number of aliphatic hydroxyl groups is 1. The molecule has 0 unspecified atom stereocenters. The Labute approximate surface area is 188 Å². The van der Waals surface area contributed by atoms with E-state index in [-0.39, 0.29) is 64.2 Å². The van der Waals surface area contributed by atoms with Gasteiger partial charge in [-0.25, -0.2) is 0 Å². The van der Waals surface area contributed by atoms with Crippen LogP contribution in [0, 0.1) is 0 Å². The van der Waals surface area contributed by atoms with Gasteiger partial charge in [0.15, 0.2) is 0 Å². The van der Waals surface area contributed by atoms with E-state index >= 15 is 0 Å². The number of likely N-dealkylation sites (N-methyl/N-ethyl adjacent to an activating group) is 1. The number of aliphatic hydroxyl groups excluding tert-OH is 1. The third-order valence-corrected chi connectivity index (χ3v) is 6.39. The Balaban J connectivity index is 0.00000256. The van der Waals surface area contributed by atoms with Crippen LogP contribution in [-0.4, -0.2) is 46.5 Å². The number of likely N-dealkylation sites (tertiary alicyclic amines) is 1. The molecule has 4 rings (SSSR count). The molecule has 0 aliphatic carbocycles. The van der Waals surface area contributed by atoms with Crippen molar-refractivity contribution in [3.63, 3.8) is 0 Å². The molecular formula is C21H20Cl3NO5. The van der Waals surface area contributed by atoms with Crippen LogP contribution in [0.1, 0.15) is 17.9 Å². The van der Waals surface area contributed by atoms with E-state index in [1.54, 1.807) is 18.2 Å². The summed E-state index contributed by atoms with van der Waals surface area (Å²) in [5.74, 6) is -0.712. The first-order chi connectivity index (χ1) is 13.8. The number of hydrogen-bond acceptors (Lipinski definition) is 6. The number of phenols is 2. The SMILES string of the molecule is CN1CC[C@@H](c2c(-c3cccc(Cl)c3Cl)oc3cc(O)cc(O)c3c2=O)[C@@H]1CO.Cl. The van der Waals surface area contributed by atoms with E-state index in [2.05, 4.69) is 0 Å². The normalized spacial score (nSPS) is 19.2. The highest BCUT2D eigenvalue weighted by Crippen LogP contribution is 2.42. The lowest BCUT2D eigenvalue weighted by Crippen LogP contribution is -2.33. The van der Waals surface area contributed by atoms with Gasteiger partial charge in [-0.2, -0.15) is 0 Å². The Hall–Kier alpha value is -1.96. The maximum absolute atomic E-state index is 13.5. The van der Waals surface area contributed by atoms with Crippen LogP contribution in [0.4, 0.5) is 0 Å². The van der Waals surface area contributed by atoms with Crippen LogP contribution in [0.5, 0.6) is 11.5 Å². The molecule has 1 aromatic heterocycles. The molecule has 2 heterocycles. The molecule has 160 valence electrons. The minimum Gasteiger partial charge on any atom is -0.508 e. The molecule has 0 radical (unpaired) electrons. The van der Waals surface area contributed by atoms with Gasteiger partial charge in [0, 0.05) is 35.2 Å². The Morgan fingerprint density at radius 3 is 2.67 bits per heavy atom. The second-order valence-corrected chi connectivity index (χ2v) is 8.02. The number of rotatable bonds is 3. The molecule has 6 nitrogen and oxygen atoms in total. The molecule has 1 fully saturated rings. The van der Waals surface area contributed by atoms with Crippen molar-refractivity contribution in [3.8, 4) is 22.8 Å². The molecule has 2 aromatic carbocycles. The van der Waals surface area contributed by atoms with Gasteiger partial charge in [0.2, 0.25) is 5.43 Å². The third-order valence-electron chi connectivity index (χ3n) is 5.57. The Morgan fingerprint density at radius 2 is 1.97 bits per heavy atom. The molecule has 0 bridgehead atoms. The monoisotopic (exact) mass is 471 g/mol. The van der Waals surface area contributed by atoms with Gasteiger partial charge in [-0.1, -0.05) is 29.3 Å². The molecule has 30 heavy (non-hydrogen) atoms. The van der Waals surface area contributed by atoms with E-state index in [1.165, 1.54) is 6.07 Å². The van der Waals surface area contributed by atoms with Crippen LogP contribution >= 0.6 is 35.6 Å². The average molecular weight is 473 g/mol.